The highest BCUT2D eigenvalue weighted by Crippen LogP contribution is 2.51. The highest BCUT2D eigenvalue weighted by atomic mass is 32.2. The van der Waals surface area contributed by atoms with E-state index in [1.54, 1.807) is 0 Å². The van der Waals surface area contributed by atoms with Gasteiger partial charge in [0.05, 0.1) is 5.82 Å². The maximum absolute atomic E-state index is 6.77. The van der Waals surface area contributed by atoms with Gasteiger partial charge in [0.15, 0.2) is 0 Å². The third-order valence-electron chi connectivity index (χ3n) is 8.07. The lowest BCUT2D eigenvalue weighted by Crippen LogP contribution is -2.51. The quantitative estimate of drug-likeness (QED) is 0.251. The first-order valence-electron chi connectivity index (χ1n) is 13.1. The Morgan fingerprint density at radius 1 is 0.718 bits per heavy atom. The first-order chi connectivity index (χ1) is 19.2. The van der Waals surface area contributed by atoms with Gasteiger partial charge < -0.3 is 18.9 Å². The number of allylic oxidation sites excluding steroid dienone is 2. The van der Waals surface area contributed by atoms with Gasteiger partial charge in [0, 0.05) is 20.8 Å². The summed E-state index contributed by atoms with van der Waals surface area (Å²) >= 11 is 3.70. The summed E-state index contributed by atoms with van der Waals surface area (Å²) in [5, 5.41) is 0. The van der Waals surface area contributed by atoms with Gasteiger partial charge in [0.2, 0.25) is 0 Å². The Morgan fingerprint density at radius 3 is 2.28 bits per heavy atom. The molecule has 2 atom stereocenters. The Hall–Kier alpha value is -3.61. The Labute approximate surface area is 235 Å². The van der Waals surface area contributed by atoms with E-state index in [9.17, 15) is 0 Å². The largest absolute Gasteiger partial charge is 0.486 e. The van der Waals surface area contributed by atoms with E-state index in [1.165, 1.54) is 5.46 Å². The molecule has 186 valence electrons. The van der Waals surface area contributed by atoms with Crippen LogP contribution in [-0.4, -0.2) is 18.1 Å². The van der Waals surface area contributed by atoms with E-state index in [2.05, 4.69) is 61.5 Å². The van der Waals surface area contributed by atoms with Crippen LogP contribution in [-0.2, 0) is 0 Å². The Kier molecular flexibility index (Phi) is 4.67. The molecule has 1 aliphatic carbocycles. The summed E-state index contributed by atoms with van der Waals surface area (Å²) in [5.41, 5.74) is 4.49. The minimum atomic E-state index is -0.101. The van der Waals surface area contributed by atoms with Gasteiger partial charge >= 0.3 is 0 Å². The molecular formula is C31H20B2O4S2. The molecule has 4 aliphatic heterocycles. The molecule has 0 fully saturated rings. The normalized spacial score (nSPS) is 20.5. The number of hydrogen-bond acceptors (Lipinski definition) is 6. The number of para-hydroxylation sites is 2. The van der Waals surface area contributed by atoms with E-state index < -0.39 is 0 Å². The third kappa shape index (κ3) is 3.19. The number of hydrogen-bond donors (Lipinski definition) is 0. The fourth-order valence-electron chi connectivity index (χ4n) is 6.31. The van der Waals surface area contributed by atoms with E-state index in [1.807, 2.05) is 59.6 Å². The van der Waals surface area contributed by atoms with Crippen LogP contribution < -0.4 is 35.3 Å². The summed E-state index contributed by atoms with van der Waals surface area (Å²) < 4.78 is 26.4. The predicted octanol–water partition coefficient (Wildman–Crippen LogP) is 6.07. The van der Waals surface area contributed by atoms with Crippen molar-refractivity contribution in [3.63, 3.8) is 0 Å². The summed E-state index contributed by atoms with van der Waals surface area (Å²) in [6, 6.07) is 25.0. The van der Waals surface area contributed by atoms with Crippen molar-refractivity contribution in [3.8, 4) is 34.5 Å². The number of ether oxygens (including phenoxy) is 4. The zero-order valence-electron chi connectivity index (χ0n) is 20.9. The monoisotopic (exact) mass is 542 g/mol. The summed E-state index contributed by atoms with van der Waals surface area (Å²) in [7, 11) is 0. The average molecular weight is 542 g/mol. The zero-order chi connectivity index (χ0) is 25.7. The lowest BCUT2D eigenvalue weighted by molar-refractivity contribution is 0.220. The van der Waals surface area contributed by atoms with Crippen LogP contribution in [0.2, 0.25) is 5.82 Å². The molecule has 0 radical (unpaired) electrons. The minimum absolute atomic E-state index is 0.0332. The molecular weight excluding hydrogens is 522 g/mol. The molecule has 0 amide bonds. The van der Waals surface area contributed by atoms with Crippen LogP contribution in [0.1, 0.15) is 5.56 Å². The van der Waals surface area contributed by atoms with Crippen molar-refractivity contribution in [2.75, 3.05) is 0 Å². The van der Waals surface area contributed by atoms with Crippen molar-refractivity contribution in [1.82, 2.24) is 0 Å². The van der Waals surface area contributed by atoms with Crippen molar-refractivity contribution in [3.05, 3.63) is 102 Å². The van der Waals surface area contributed by atoms with Gasteiger partial charge in [-0.15, -0.1) is 0 Å². The summed E-state index contributed by atoms with van der Waals surface area (Å²) in [6.45, 7) is 2.13. The molecule has 4 aromatic rings. The summed E-state index contributed by atoms with van der Waals surface area (Å²) in [6.07, 6.45) is 6.20. The minimum Gasteiger partial charge on any atom is -0.486 e. The van der Waals surface area contributed by atoms with E-state index >= 15 is 0 Å². The van der Waals surface area contributed by atoms with Gasteiger partial charge in [-0.3, -0.25) is 0 Å². The molecule has 2 unspecified atom stereocenters. The lowest BCUT2D eigenvalue weighted by atomic mass is 9.49. The molecule has 0 bridgehead atoms. The number of rotatable bonds is 0. The van der Waals surface area contributed by atoms with E-state index in [0.29, 0.717) is 0 Å². The first-order valence-corrected chi connectivity index (χ1v) is 14.9. The molecule has 9 rings (SSSR count). The molecule has 0 N–H and O–H groups in total. The van der Waals surface area contributed by atoms with E-state index in [0.717, 1.165) is 66.5 Å². The highest BCUT2D eigenvalue weighted by molar-refractivity contribution is 8.28. The lowest BCUT2D eigenvalue weighted by Gasteiger charge is -2.39. The second kappa shape index (κ2) is 8.20. The van der Waals surface area contributed by atoms with Gasteiger partial charge in [-0.05, 0) is 66.4 Å². The van der Waals surface area contributed by atoms with Crippen LogP contribution >= 0.6 is 23.2 Å². The van der Waals surface area contributed by atoms with Crippen molar-refractivity contribution in [2.45, 2.75) is 28.6 Å². The molecule has 5 aliphatic rings. The average Bonchev–Trinajstić information content (AvgIpc) is 3.24. The molecule has 0 saturated heterocycles. The molecule has 0 spiro atoms. The van der Waals surface area contributed by atoms with Crippen molar-refractivity contribution in [2.24, 2.45) is 0 Å². The van der Waals surface area contributed by atoms with Crippen LogP contribution in [0.25, 0.3) is 0 Å². The fourth-order valence-corrected chi connectivity index (χ4v) is 8.99. The molecule has 4 heterocycles. The van der Waals surface area contributed by atoms with Gasteiger partial charge in [0.25, 0.3) is 12.0 Å². The van der Waals surface area contributed by atoms with Gasteiger partial charge in [0.1, 0.15) is 46.4 Å². The second-order valence-corrected chi connectivity index (χ2v) is 12.6. The highest BCUT2D eigenvalue weighted by Gasteiger charge is 2.49. The van der Waals surface area contributed by atoms with Crippen molar-refractivity contribution < 1.29 is 18.9 Å². The van der Waals surface area contributed by atoms with Crippen molar-refractivity contribution in [1.29, 1.82) is 0 Å². The van der Waals surface area contributed by atoms with Gasteiger partial charge in [-0.1, -0.05) is 42.5 Å². The van der Waals surface area contributed by atoms with Gasteiger partial charge in [-0.2, -0.15) is 23.2 Å². The maximum atomic E-state index is 6.77. The van der Waals surface area contributed by atoms with E-state index in [-0.39, 0.29) is 23.9 Å². The predicted molar refractivity (Wildman–Crippen MR) is 159 cm³/mol. The van der Waals surface area contributed by atoms with Crippen molar-refractivity contribution >= 4 is 51.6 Å². The standard InChI is InChI=1S/C31H20B2O4S2/c1-17-30-18(32-28-22(10-6-12-24(28)36-30)34-20-8-2-4-14-26(20)38-32)16-19-31(17)37-25-13-7-11-23-29(25)33(19)39-27-15-5-3-9-21(27)35-23/h2-16,24,28H,1H3. The summed E-state index contributed by atoms with van der Waals surface area (Å²) in [4.78, 5) is 2.27. The Balaban J connectivity index is 1.27. The van der Waals surface area contributed by atoms with Crippen LogP contribution in [0, 0.1) is 6.92 Å². The molecule has 0 aromatic heterocycles. The van der Waals surface area contributed by atoms with Gasteiger partial charge in [-0.25, -0.2) is 0 Å². The SMILES string of the molecule is Cc1c2c(cc3c1OC1C=CC=C4Oc5ccccc5SB3C41)B1Sc3ccccc3Oc3cccc(c31)O2. The van der Waals surface area contributed by atoms with Crippen LogP contribution in [0.15, 0.2) is 107 Å². The third-order valence-corrected chi connectivity index (χ3v) is 10.8. The fraction of sp³-hybridized carbons (Fsp3) is 0.0968. The Bertz CT molecular complexity index is 1780. The smallest absolute Gasteiger partial charge is 0.293 e. The molecule has 0 saturated carbocycles. The molecule has 8 heteroatoms. The van der Waals surface area contributed by atoms with Crippen LogP contribution in [0.3, 0.4) is 0 Å². The molecule has 39 heavy (non-hydrogen) atoms. The zero-order valence-corrected chi connectivity index (χ0v) is 22.6. The second-order valence-electron chi connectivity index (χ2n) is 10.3. The van der Waals surface area contributed by atoms with E-state index in [4.69, 9.17) is 18.9 Å². The first kappa shape index (κ1) is 22.2. The topological polar surface area (TPSA) is 36.9 Å². The maximum Gasteiger partial charge on any atom is 0.293 e. The number of benzene rings is 4. The summed E-state index contributed by atoms with van der Waals surface area (Å²) in [5.74, 6) is 6.50. The molecule has 4 nitrogen and oxygen atoms in total. The van der Waals surface area contributed by atoms with Crippen LogP contribution in [0.5, 0.6) is 34.5 Å². The molecule has 4 aromatic carbocycles. The number of fused-ring (bicyclic) bond motifs is 6. The Morgan fingerprint density at radius 2 is 1.44 bits per heavy atom. The van der Waals surface area contributed by atoms with Crippen LogP contribution in [0.4, 0.5) is 0 Å².